The molecule has 1 N–H and O–H groups in total. The molecule has 20 heavy (non-hydrogen) atoms. The van der Waals surface area contributed by atoms with Crippen molar-refractivity contribution in [2.75, 3.05) is 13.7 Å². The van der Waals surface area contributed by atoms with Crippen LogP contribution in [-0.2, 0) is 16.1 Å². The highest BCUT2D eigenvalue weighted by Gasteiger charge is 2.33. The van der Waals surface area contributed by atoms with Crippen LogP contribution in [0.4, 0.5) is 0 Å². The lowest BCUT2D eigenvalue weighted by Gasteiger charge is -2.28. The van der Waals surface area contributed by atoms with E-state index in [1.54, 1.807) is 0 Å². The Morgan fingerprint density at radius 2 is 2.15 bits per heavy atom. The summed E-state index contributed by atoms with van der Waals surface area (Å²) < 4.78 is 7.87. The zero-order valence-electron chi connectivity index (χ0n) is 12.9. The first-order chi connectivity index (χ1) is 9.35. The fourth-order valence-electron chi connectivity index (χ4n) is 2.11. The van der Waals surface area contributed by atoms with Gasteiger partial charge >= 0.3 is 5.97 Å². The zero-order valence-corrected chi connectivity index (χ0v) is 14.5. The molecular weight excluding hydrogens is 322 g/mol. The monoisotopic (exact) mass is 345 g/mol. The van der Waals surface area contributed by atoms with Gasteiger partial charge < -0.3 is 10.1 Å². The lowest BCUT2D eigenvalue weighted by Crippen LogP contribution is -2.51. The molecule has 114 valence electrons. The van der Waals surface area contributed by atoms with Gasteiger partial charge in [0, 0.05) is 12.2 Å². The van der Waals surface area contributed by atoms with Crippen molar-refractivity contribution in [3.05, 3.63) is 15.9 Å². The number of nitrogens with zero attached hydrogens (tertiary/aromatic N) is 2. The zero-order chi connectivity index (χ0) is 15.3. The maximum Gasteiger partial charge on any atom is 0.325 e. The molecule has 6 heteroatoms. The second-order valence-electron chi connectivity index (χ2n) is 5.21. The first-order valence-corrected chi connectivity index (χ1v) is 7.68. The van der Waals surface area contributed by atoms with E-state index in [1.165, 1.54) is 7.11 Å². The highest BCUT2D eigenvalue weighted by atomic mass is 79.9. The topological polar surface area (TPSA) is 56.2 Å². The number of esters is 1. The summed E-state index contributed by atoms with van der Waals surface area (Å²) in [5, 5.41) is 7.75. The van der Waals surface area contributed by atoms with Gasteiger partial charge in [-0.1, -0.05) is 6.92 Å². The summed E-state index contributed by atoms with van der Waals surface area (Å²) in [5.41, 5.74) is 1.36. The average Bonchev–Trinajstić information content (AvgIpc) is 2.69. The van der Waals surface area contributed by atoms with Gasteiger partial charge in [-0.2, -0.15) is 5.10 Å². The second kappa shape index (κ2) is 7.22. The molecule has 0 spiro atoms. The van der Waals surface area contributed by atoms with Crippen LogP contribution in [0.5, 0.6) is 0 Å². The molecule has 0 aliphatic carbocycles. The number of aromatic nitrogens is 2. The molecule has 1 rings (SSSR count). The Morgan fingerprint density at radius 3 is 2.60 bits per heavy atom. The summed E-state index contributed by atoms with van der Waals surface area (Å²) in [5.74, 6) is -0.230. The molecule has 0 aliphatic rings. The Balaban J connectivity index is 2.80. The Labute approximate surface area is 129 Å². The van der Waals surface area contributed by atoms with Crippen LogP contribution in [-0.4, -0.2) is 34.9 Å². The normalized spacial score (nSPS) is 14.1. The number of nitrogens with one attached hydrogen (secondary N) is 1. The molecule has 1 aromatic rings. The van der Waals surface area contributed by atoms with E-state index in [0.717, 1.165) is 28.8 Å². The third kappa shape index (κ3) is 3.82. The number of hydrogen-bond acceptors (Lipinski definition) is 4. The molecule has 0 saturated heterocycles. The first-order valence-electron chi connectivity index (χ1n) is 6.88. The summed E-state index contributed by atoms with van der Waals surface area (Å²) in [4.78, 5) is 12.0. The third-order valence-corrected chi connectivity index (χ3v) is 4.67. The minimum Gasteiger partial charge on any atom is -0.468 e. The van der Waals surface area contributed by atoms with Crippen molar-refractivity contribution in [1.82, 2.24) is 15.1 Å². The number of ether oxygens (including phenoxy) is 1. The van der Waals surface area contributed by atoms with E-state index in [1.807, 2.05) is 25.5 Å². The highest BCUT2D eigenvalue weighted by Crippen LogP contribution is 2.21. The van der Waals surface area contributed by atoms with E-state index in [4.69, 9.17) is 4.74 Å². The molecule has 1 unspecified atom stereocenters. The highest BCUT2D eigenvalue weighted by molar-refractivity contribution is 9.10. The molecule has 5 nitrogen and oxygen atoms in total. The fraction of sp³-hybridized carbons (Fsp3) is 0.714. The SMILES string of the molecule is CCCNC(C)(CCn1nc(C)c(Br)c1C)C(=O)OC. The van der Waals surface area contributed by atoms with Crippen molar-refractivity contribution >= 4 is 21.9 Å². The van der Waals surface area contributed by atoms with Crippen LogP contribution < -0.4 is 5.32 Å². The first kappa shape index (κ1) is 17.2. The standard InChI is InChI=1S/C14H24BrN3O2/c1-6-8-16-14(4,13(19)20-5)7-9-18-11(3)12(15)10(2)17-18/h16H,6-9H2,1-5H3. The largest absolute Gasteiger partial charge is 0.468 e. The molecule has 1 heterocycles. The van der Waals surface area contributed by atoms with Crippen LogP contribution in [0.3, 0.4) is 0 Å². The van der Waals surface area contributed by atoms with Crippen LogP contribution in [0.1, 0.15) is 38.1 Å². The Morgan fingerprint density at radius 1 is 1.50 bits per heavy atom. The van der Waals surface area contributed by atoms with Gasteiger partial charge in [0.25, 0.3) is 0 Å². The lowest BCUT2D eigenvalue weighted by molar-refractivity contribution is -0.148. The third-order valence-electron chi connectivity index (χ3n) is 3.52. The maximum absolute atomic E-state index is 12.0. The van der Waals surface area contributed by atoms with Crippen molar-refractivity contribution in [2.24, 2.45) is 0 Å². The average molecular weight is 346 g/mol. The predicted molar refractivity (Wildman–Crippen MR) is 82.7 cm³/mol. The molecule has 0 bridgehead atoms. The molecule has 1 aromatic heterocycles. The van der Waals surface area contributed by atoms with Gasteiger partial charge in [-0.3, -0.25) is 9.48 Å². The van der Waals surface area contributed by atoms with Crippen LogP contribution in [0.2, 0.25) is 0 Å². The number of carbonyl (C=O) groups is 1. The van der Waals surface area contributed by atoms with Crippen LogP contribution in [0.25, 0.3) is 0 Å². The van der Waals surface area contributed by atoms with E-state index < -0.39 is 5.54 Å². The van der Waals surface area contributed by atoms with Crippen molar-refractivity contribution in [1.29, 1.82) is 0 Å². The van der Waals surface area contributed by atoms with Gasteiger partial charge in [-0.25, -0.2) is 0 Å². The molecule has 1 atom stereocenters. The summed E-state index contributed by atoms with van der Waals surface area (Å²) in [7, 11) is 1.42. The van der Waals surface area contributed by atoms with E-state index in [-0.39, 0.29) is 5.97 Å². The van der Waals surface area contributed by atoms with E-state index in [9.17, 15) is 4.79 Å². The number of hydrogen-bond donors (Lipinski definition) is 1. The minimum atomic E-state index is -0.677. The number of halogens is 1. The van der Waals surface area contributed by atoms with Crippen LogP contribution in [0.15, 0.2) is 4.47 Å². The second-order valence-corrected chi connectivity index (χ2v) is 6.00. The van der Waals surface area contributed by atoms with Gasteiger partial charge in [-0.15, -0.1) is 0 Å². The van der Waals surface area contributed by atoms with Crippen molar-refractivity contribution < 1.29 is 9.53 Å². The minimum absolute atomic E-state index is 0.230. The lowest BCUT2D eigenvalue weighted by atomic mass is 9.97. The number of aryl methyl sites for hydroxylation is 2. The Kier molecular flexibility index (Phi) is 6.20. The van der Waals surface area contributed by atoms with Crippen LogP contribution in [0, 0.1) is 13.8 Å². The summed E-state index contributed by atoms with van der Waals surface area (Å²) in [6.07, 6.45) is 1.60. The van der Waals surface area contributed by atoms with E-state index in [0.29, 0.717) is 13.0 Å². The van der Waals surface area contributed by atoms with Crippen molar-refractivity contribution in [3.63, 3.8) is 0 Å². The van der Waals surface area contributed by atoms with Gasteiger partial charge in [0.05, 0.1) is 17.3 Å². The Bertz CT molecular complexity index is 473. The quantitative estimate of drug-likeness (QED) is 0.771. The number of rotatable bonds is 7. The molecule has 0 amide bonds. The van der Waals surface area contributed by atoms with Gasteiger partial charge in [0.15, 0.2) is 0 Å². The summed E-state index contributed by atoms with van der Waals surface area (Å²) in [6, 6.07) is 0. The fourth-order valence-corrected chi connectivity index (χ4v) is 2.40. The molecule has 0 aromatic carbocycles. The summed E-state index contributed by atoms with van der Waals surface area (Å²) >= 11 is 3.51. The maximum atomic E-state index is 12.0. The predicted octanol–water partition coefficient (Wildman–Crippen LogP) is 2.58. The van der Waals surface area contributed by atoms with E-state index in [2.05, 4.69) is 33.3 Å². The molecule has 0 fully saturated rings. The molecule has 0 radical (unpaired) electrons. The Hall–Kier alpha value is -0.880. The van der Waals surface area contributed by atoms with Crippen molar-refractivity contribution in [3.8, 4) is 0 Å². The van der Waals surface area contributed by atoms with Gasteiger partial charge in [0.2, 0.25) is 0 Å². The van der Waals surface area contributed by atoms with Crippen molar-refractivity contribution in [2.45, 2.75) is 52.6 Å². The molecular formula is C14H24BrN3O2. The molecule has 0 saturated carbocycles. The number of methoxy groups -OCH3 is 1. The van der Waals surface area contributed by atoms with E-state index >= 15 is 0 Å². The number of carbonyl (C=O) groups excluding carboxylic acids is 1. The van der Waals surface area contributed by atoms with Gasteiger partial charge in [-0.05, 0) is 56.1 Å². The summed E-state index contributed by atoms with van der Waals surface area (Å²) in [6.45, 7) is 9.38. The molecule has 0 aliphatic heterocycles. The smallest absolute Gasteiger partial charge is 0.325 e. The van der Waals surface area contributed by atoms with Gasteiger partial charge in [0.1, 0.15) is 5.54 Å². The van der Waals surface area contributed by atoms with Crippen LogP contribution >= 0.6 is 15.9 Å².